The first kappa shape index (κ1) is 16.0. The number of benzene rings is 1. The molecule has 10 nitrogen and oxygen atoms in total. The summed E-state index contributed by atoms with van der Waals surface area (Å²) in [5.74, 6) is 0.536. The van der Waals surface area contributed by atoms with Gasteiger partial charge in [0.25, 0.3) is 0 Å². The number of aryl methyl sites for hydroxylation is 1. The Bertz CT molecular complexity index is 1100. The van der Waals surface area contributed by atoms with Gasteiger partial charge in [0.05, 0.1) is 22.0 Å². The normalized spacial score (nSPS) is 22.0. The van der Waals surface area contributed by atoms with Gasteiger partial charge in [0.2, 0.25) is 15.9 Å². The van der Waals surface area contributed by atoms with Crippen molar-refractivity contribution in [1.82, 2.24) is 24.4 Å². The zero-order valence-electron chi connectivity index (χ0n) is 13.1. The maximum atomic E-state index is 13.0. The molecule has 0 bridgehead atoms. The smallest absolute Gasteiger partial charge is 0.323 e. The molecule has 0 amide bonds. The average molecular weight is 365 g/mol. The summed E-state index contributed by atoms with van der Waals surface area (Å²) < 4.78 is 32.3. The second-order valence-electron chi connectivity index (χ2n) is 5.95. The number of nitrogens with one attached hydrogen (secondary N) is 2. The number of sulfonamides is 1. The maximum absolute atomic E-state index is 13.0. The minimum absolute atomic E-state index is 0.00517. The van der Waals surface area contributed by atoms with E-state index in [1.54, 1.807) is 6.92 Å². The fraction of sp³-hybridized carbons (Fsp3) is 0.357. The molecule has 3 N–H and O–H groups in total. The van der Waals surface area contributed by atoms with E-state index in [1.165, 1.54) is 18.2 Å². The van der Waals surface area contributed by atoms with E-state index in [4.69, 9.17) is 4.52 Å². The van der Waals surface area contributed by atoms with E-state index in [9.17, 15) is 18.3 Å². The molecule has 0 radical (unpaired) electrons. The van der Waals surface area contributed by atoms with Crippen LogP contribution in [0.5, 0.6) is 0 Å². The highest BCUT2D eigenvalue weighted by atomic mass is 32.2. The van der Waals surface area contributed by atoms with Crippen LogP contribution in [-0.2, 0) is 10.0 Å². The van der Waals surface area contributed by atoms with Crippen LogP contribution in [0.15, 0.2) is 32.4 Å². The Labute approximate surface area is 141 Å². The Kier molecular flexibility index (Phi) is 3.52. The summed E-state index contributed by atoms with van der Waals surface area (Å²) in [6, 6.07) is 3.56. The third-order valence-corrected chi connectivity index (χ3v) is 6.03. The molecular formula is C14H15N5O5S. The number of hydrogen-bond acceptors (Lipinski definition) is 7. The lowest BCUT2D eigenvalue weighted by atomic mass is 10.2. The second kappa shape index (κ2) is 5.51. The van der Waals surface area contributed by atoms with E-state index in [0.717, 1.165) is 4.31 Å². The summed E-state index contributed by atoms with van der Waals surface area (Å²) in [4.78, 5) is 20.5. The van der Waals surface area contributed by atoms with Crippen molar-refractivity contribution >= 4 is 21.1 Å². The van der Waals surface area contributed by atoms with E-state index in [0.29, 0.717) is 16.9 Å². The molecule has 1 aromatic carbocycles. The van der Waals surface area contributed by atoms with Gasteiger partial charge in [-0.15, -0.1) is 0 Å². The lowest BCUT2D eigenvalue weighted by molar-refractivity contribution is 0.188. The zero-order valence-corrected chi connectivity index (χ0v) is 13.9. The number of aromatic amines is 2. The van der Waals surface area contributed by atoms with Gasteiger partial charge in [-0.05, 0) is 25.1 Å². The molecule has 11 heteroatoms. The van der Waals surface area contributed by atoms with Crippen LogP contribution in [-0.4, -0.2) is 50.6 Å². The number of aliphatic hydroxyl groups is 1. The van der Waals surface area contributed by atoms with Gasteiger partial charge in [-0.25, -0.2) is 13.2 Å². The monoisotopic (exact) mass is 365 g/mol. The van der Waals surface area contributed by atoms with Gasteiger partial charge in [0.1, 0.15) is 6.04 Å². The van der Waals surface area contributed by atoms with Crippen molar-refractivity contribution < 1.29 is 18.0 Å². The summed E-state index contributed by atoms with van der Waals surface area (Å²) in [6.45, 7) is 1.56. The van der Waals surface area contributed by atoms with Crippen LogP contribution in [0.2, 0.25) is 0 Å². The number of H-pyrrole nitrogens is 2. The van der Waals surface area contributed by atoms with Crippen LogP contribution in [0.3, 0.4) is 0 Å². The summed E-state index contributed by atoms with van der Waals surface area (Å²) in [5.41, 5.74) is 0.478. The fourth-order valence-corrected chi connectivity index (χ4v) is 4.69. The Morgan fingerprint density at radius 3 is 2.80 bits per heavy atom. The van der Waals surface area contributed by atoms with Crippen LogP contribution in [0.1, 0.15) is 24.2 Å². The maximum Gasteiger partial charge on any atom is 0.323 e. The Hall–Kier alpha value is -2.50. The van der Waals surface area contributed by atoms with E-state index < -0.39 is 27.9 Å². The van der Waals surface area contributed by atoms with Crippen molar-refractivity contribution in [2.75, 3.05) is 6.54 Å². The number of aromatic nitrogens is 4. The van der Waals surface area contributed by atoms with E-state index in [1.807, 2.05) is 0 Å². The number of aliphatic hydroxyl groups excluding tert-OH is 1. The molecular weight excluding hydrogens is 350 g/mol. The molecule has 0 saturated carbocycles. The molecule has 0 unspecified atom stereocenters. The first-order valence-electron chi connectivity index (χ1n) is 7.57. The van der Waals surface area contributed by atoms with Crippen molar-refractivity contribution in [1.29, 1.82) is 0 Å². The number of imidazole rings is 1. The highest BCUT2D eigenvalue weighted by Gasteiger charge is 2.43. The van der Waals surface area contributed by atoms with Crippen molar-refractivity contribution in [3.8, 4) is 0 Å². The number of nitrogens with zero attached hydrogens (tertiary/aromatic N) is 3. The average Bonchev–Trinajstić information content (AvgIpc) is 3.23. The van der Waals surface area contributed by atoms with Crippen molar-refractivity contribution in [3.63, 3.8) is 0 Å². The topological polar surface area (TPSA) is 145 Å². The molecule has 1 aliphatic rings. The molecule has 0 spiro atoms. The lowest BCUT2D eigenvalue weighted by Gasteiger charge is -2.21. The van der Waals surface area contributed by atoms with Crippen molar-refractivity contribution in [3.05, 3.63) is 40.4 Å². The minimum Gasteiger partial charge on any atom is -0.392 e. The third kappa shape index (κ3) is 2.65. The predicted octanol–water partition coefficient (Wildman–Crippen LogP) is 0.0442. The van der Waals surface area contributed by atoms with Crippen LogP contribution in [0.4, 0.5) is 0 Å². The molecule has 2 aromatic heterocycles. The third-order valence-electron chi connectivity index (χ3n) is 4.16. The standard InChI is InChI=1S/C14H15N5O5S/c1-7-15-13(24-18-7)12-4-8(20)6-19(12)25(22,23)9-2-3-10-11(5-9)17-14(21)16-10/h2-3,5,8,12,20H,4,6H2,1H3,(H2,16,17,21)/t8-,12+/m0/s1. The summed E-state index contributed by atoms with van der Waals surface area (Å²) in [5, 5.41) is 13.7. The predicted molar refractivity (Wildman–Crippen MR) is 85.2 cm³/mol. The van der Waals surface area contributed by atoms with Gasteiger partial charge in [-0.3, -0.25) is 0 Å². The van der Waals surface area contributed by atoms with Crippen molar-refractivity contribution in [2.24, 2.45) is 0 Å². The number of rotatable bonds is 3. The highest BCUT2D eigenvalue weighted by Crippen LogP contribution is 2.36. The highest BCUT2D eigenvalue weighted by molar-refractivity contribution is 7.89. The number of β-amino-alcohol motifs (C(OH)–C–C–N with tert-alkyl or cyclic N) is 1. The van der Waals surface area contributed by atoms with Gasteiger partial charge in [-0.2, -0.15) is 9.29 Å². The van der Waals surface area contributed by atoms with Gasteiger partial charge < -0.3 is 19.6 Å². The summed E-state index contributed by atoms with van der Waals surface area (Å²) >= 11 is 0. The van der Waals surface area contributed by atoms with E-state index in [-0.39, 0.29) is 23.8 Å². The first-order chi connectivity index (χ1) is 11.8. The van der Waals surface area contributed by atoms with Crippen LogP contribution in [0, 0.1) is 6.92 Å². The lowest BCUT2D eigenvalue weighted by Crippen LogP contribution is -2.32. The van der Waals surface area contributed by atoms with Gasteiger partial charge in [0.15, 0.2) is 5.82 Å². The van der Waals surface area contributed by atoms with Crippen molar-refractivity contribution in [2.45, 2.75) is 30.4 Å². The van der Waals surface area contributed by atoms with Gasteiger partial charge >= 0.3 is 5.69 Å². The Balaban J connectivity index is 1.77. The molecule has 1 aliphatic heterocycles. The molecule has 3 heterocycles. The Morgan fingerprint density at radius 2 is 2.08 bits per heavy atom. The van der Waals surface area contributed by atoms with E-state index >= 15 is 0 Å². The fourth-order valence-electron chi connectivity index (χ4n) is 3.03. The first-order valence-corrected chi connectivity index (χ1v) is 9.01. The molecule has 25 heavy (non-hydrogen) atoms. The number of hydrogen-bond donors (Lipinski definition) is 3. The second-order valence-corrected chi connectivity index (χ2v) is 7.84. The molecule has 4 rings (SSSR count). The van der Waals surface area contributed by atoms with E-state index in [2.05, 4.69) is 20.1 Å². The minimum atomic E-state index is -3.93. The molecule has 1 saturated heterocycles. The molecule has 0 aliphatic carbocycles. The SMILES string of the molecule is Cc1noc([C@H]2C[C@H](O)CN2S(=O)(=O)c2ccc3[nH]c(=O)[nH]c3c2)n1. The summed E-state index contributed by atoms with van der Waals surface area (Å²) in [6.07, 6.45) is -0.660. The molecule has 3 aromatic rings. The number of fused-ring (bicyclic) bond motifs is 1. The zero-order chi connectivity index (χ0) is 17.8. The largest absolute Gasteiger partial charge is 0.392 e. The van der Waals surface area contributed by atoms with Crippen LogP contribution >= 0.6 is 0 Å². The van der Waals surface area contributed by atoms with Gasteiger partial charge in [-0.1, -0.05) is 5.16 Å². The Morgan fingerprint density at radius 1 is 1.32 bits per heavy atom. The quantitative estimate of drug-likeness (QED) is 0.594. The summed E-state index contributed by atoms with van der Waals surface area (Å²) in [7, 11) is -3.93. The molecule has 1 fully saturated rings. The van der Waals surface area contributed by atoms with Crippen LogP contribution < -0.4 is 5.69 Å². The molecule has 2 atom stereocenters. The van der Waals surface area contributed by atoms with Gasteiger partial charge in [0, 0.05) is 13.0 Å². The molecule has 132 valence electrons. The van der Waals surface area contributed by atoms with Crippen LogP contribution in [0.25, 0.3) is 11.0 Å².